The molecule has 1 atom stereocenters. The van der Waals surface area contributed by atoms with E-state index in [1.807, 2.05) is 11.9 Å². The smallest absolute Gasteiger partial charge is 0.304 e. The molecule has 2 aliphatic rings. The Kier molecular flexibility index (Phi) is 5.48. The van der Waals surface area contributed by atoms with Crippen molar-refractivity contribution < 1.29 is 14.7 Å². The van der Waals surface area contributed by atoms with Crippen LogP contribution in [0, 0.1) is 0 Å². The van der Waals surface area contributed by atoms with Crippen LogP contribution in [0.3, 0.4) is 0 Å². The SMILES string of the molecule is CN(C(=O)CN1CCSCC1CC(=O)O)C1=CCCC1. The van der Waals surface area contributed by atoms with Gasteiger partial charge in [0.1, 0.15) is 0 Å². The first-order chi connectivity index (χ1) is 9.58. The maximum Gasteiger partial charge on any atom is 0.304 e. The Morgan fingerprint density at radius 2 is 2.35 bits per heavy atom. The first-order valence-electron chi connectivity index (χ1n) is 7.07. The Morgan fingerprint density at radius 1 is 1.55 bits per heavy atom. The molecule has 5 nitrogen and oxygen atoms in total. The monoisotopic (exact) mass is 298 g/mol. The fourth-order valence-corrected chi connectivity index (χ4v) is 3.82. The van der Waals surface area contributed by atoms with Crippen molar-refractivity contribution >= 4 is 23.6 Å². The number of allylic oxidation sites excluding steroid dienone is 2. The lowest BCUT2D eigenvalue weighted by Gasteiger charge is -2.35. The molecule has 1 N–H and O–H groups in total. The van der Waals surface area contributed by atoms with Crippen LogP contribution in [0.1, 0.15) is 25.7 Å². The summed E-state index contributed by atoms with van der Waals surface area (Å²) in [6.45, 7) is 1.12. The molecular weight excluding hydrogens is 276 g/mol. The average Bonchev–Trinajstić information content (AvgIpc) is 2.93. The lowest BCUT2D eigenvalue weighted by Crippen LogP contribution is -2.48. The quantitative estimate of drug-likeness (QED) is 0.831. The number of hydrogen-bond acceptors (Lipinski definition) is 4. The first kappa shape index (κ1) is 15.4. The molecule has 112 valence electrons. The average molecular weight is 298 g/mol. The van der Waals surface area contributed by atoms with Crippen LogP contribution in [-0.4, -0.2) is 64.5 Å². The minimum atomic E-state index is -0.790. The summed E-state index contributed by atoms with van der Waals surface area (Å²) in [4.78, 5) is 27.0. The molecule has 1 fully saturated rings. The number of hydrogen-bond donors (Lipinski definition) is 1. The molecule has 1 aliphatic heterocycles. The number of carbonyl (C=O) groups is 2. The first-order valence-corrected chi connectivity index (χ1v) is 8.22. The third kappa shape index (κ3) is 3.99. The van der Waals surface area contributed by atoms with Crippen molar-refractivity contribution in [3.8, 4) is 0 Å². The van der Waals surface area contributed by atoms with Crippen LogP contribution in [0.5, 0.6) is 0 Å². The lowest BCUT2D eigenvalue weighted by atomic mass is 10.2. The van der Waals surface area contributed by atoms with E-state index in [1.165, 1.54) is 0 Å². The molecule has 1 unspecified atom stereocenters. The fraction of sp³-hybridized carbons (Fsp3) is 0.714. The van der Waals surface area contributed by atoms with E-state index in [0.717, 1.165) is 43.0 Å². The minimum Gasteiger partial charge on any atom is -0.481 e. The van der Waals surface area contributed by atoms with Gasteiger partial charge in [0.25, 0.3) is 0 Å². The number of carboxylic acid groups (broad SMARTS) is 1. The second-order valence-corrected chi connectivity index (χ2v) is 6.49. The van der Waals surface area contributed by atoms with Crippen molar-refractivity contribution in [2.75, 3.05) is 31.6 Å². The Bertz CT molecular complexity index is 411. The van der Waals surface area contributed by atoms with Crippen LogP contribution in [0.25, 0.3) is 0 Å². The summed E-state index contributed by atoms with van der Waals surface area (Å²) in [6.07, 6.45) is 5.38. The van der Waals surface area contributed by atoms with Gasteiger partial charge < -0.3 is 10.0 Å². The summed E-state index contributed by atoms with van der Waals surface area (Å²) in [5.41, 5.74) is 1.11. The maximum atomic E-state index is 12.3. The second kappa shape index (κ2) is 7.13. The van der Waals surface area contributed by atoms with Crippen LogP contribution in [0.2, 0.25) is 0 Å². The third-order valence-corrected chi connectivity index (χ3v) is 5.01. The zero-order valence-corrected chi connectivity index (χ0v) is 12.7. The Labute approximate surface area is 124 Å². The largest absolute Gasteiger partial charge is 0.481 e. The van der Waals surface area contributed by atoms with E-state index >= 15 is 0 Å². The molecule has 0 aromatic carbocycles. The highest BCUT2D eigenvalue weighted by Gasteiger charge is 2.28. The number of amides is 1. The number of likely N-dealkylation sites (N-methyl/N-ethyl adjacent to an activating group) is 1. The highest BCUT2D eigenvalue weighted by molar-refractivity contribution is 7.99. The summed E-state index contributed by atoms with van der Waals surface area (Å²) >= 11 is 1.77. The van der Waals surface area contributed by atoms with Gasteiger partial charge in [-0.25, -0.2) is 0 Å². The van der Waals surface area contributed by atoms with Crippen molar-refractivity contribution in [2.45, 2.75) is 31.7 Å². The van der Waals surface area contributed by atoms with Crippen LogP contribution in [-0.2, 0) is 9.59 Å². The number of carboxylic acids is 1. The minimum absolute atomic E-state index is 0.0267. The summed E-state index contributed by atoms with van der Waals surface area (Å²) in [6, 6.07) is -0.0267. The molecule has 0 radical (unpaired) electrons. The van der Waals surface area contributed by atoms with Gasteiger partial charge in [0.05, 0.1) is 13.0 Å². The van der Waals surface area contributed by atoms with Crippen molar-refractivity contribution in [2.24, 2.45) is 0 Å². The van der Waals surface area contributed by atoms with Crippen molar-refractivity contribution in [1.82, 2.24) is 9.80 Å². The topological polar surface area (TPSA) is 60.9 Å². The van der Waals surface area contributed by atoms with Gasteiger partial charge in [-0.2, -0.15) is 11.8 Å². The highest BCUT2D eigenvalue weighted by atomic mass is 32.2. The van der Waals surface area contributed by atoms with Crippen molar-refractivity contribution in [1.29, 1.82) is 0 Å². The number of aliphatic carboxylic acids is 1. The number of thioether (sulfide) groups is 1. The van der Waals surface area contributed by atoms with Crippen molar-refractivity contribution in [3.63, 3.8) is 0 Å². The van der Waals surface area contributed by atoms with Gasteiger partial charge in [-0.3, -0.25) is 14.5 Å². The van der Waals surface area contributed by atoms with E-state index in [0.29, 0.717) is 6.54 Å². The number of rotatable bonds is 5. The van der Waals surface area contributed by atoms with E-state index in [-0.39, 0.29) is 18.4 Å². The molecule has 20 heavy (non-hydrogen) atoms. The van der Waals surface area contributed by atoms with E-state index in [2.05, 4.69) is 6.08 Å². The van der Waals surface area contributed by atoms with Gasteiger partial charge >= 0.3 is 5.97 Å². The van der Waals surface area contributed by atoms with E-state index in [9.17, 15) is 9.59 Å². The zero-order valence-electron chi connectivity index (χ0n) is 11.9. The molecule has 1 aliphatic carbocycles. The van der Waals surface area contributed by atoms with Crippen LogP contribution in [0.4, 0.5) is 0 Å². The Morgan fingerprint density at radius 3 is 3.00 bits per heavy atom. The summed E-state index contributed by atoms with van der Waals surface area (Å²) < 4.78 is 0. The molecule has 6 heteroatoms. The molecule has 1 heterocycles. The second-order valence-electron chi connectivity index (χ2n) is 5.34. The lowest BCUT2D eigenvalue weighted by molar-refractivity contribution is -0.139. The van der Waals surface area contributed by atoms with Crippen LogP contribution >= 0.6 is 11.8 Å². The molecule has 1 amide bonds. The van der Waals surface area contributed by atoms with E-state index in [1.54, 1.807) is 16.7 Å². The van der Waals surface area contributed by atoms with Gasteiger partial charge in [0.2, 0.25) is 5.91 Å². The van der Waals surface area contributed by atoms with E-state index in [4.69, 9.17) is 5.11 Å². The summed E-state index contributed by atoms with van der Waals surface area (Å²) in [5.74, 6) is 1.05. The Balaban J connectivity index is 1.92. The predicted octanol–water partition coefficient (Wildman–Crippen LogP) is 1.40. The molecule has 0 saturated carbocycles. The number of carbonyl (C=O) groups excluding carboxylic acids is 1. The molecular formula is C14H22N2O3S. The predicted molar refractivity (Wildman–Crippen MR) is 79.6 cm³/mol. The molecule has 0 spiro atoms. The highest BCUT2D eigenvalue weighted by Crippen LogP contribution is 2.22. The molecule has 2 rings (SSSR count). The van der Waals surface area contributed by atoms with Gasteiger partial charge in [0.15, 0.2) is 0 Å². The van der Waals surface area contributed by atoms with Gasteiger partial charge in [0, 0.05) is 36.8 Å². The fourth-order valence-electron chi connectivity index (χ4n) is 2.69. The normalized spacial score (nSPS) is 23.4. The van der Waals surface area contributed by atoms with Gasteiger partial charge in [-0.1, -0.05) is 6.08 Å². The summed E-state index contributed by atoms with van der Waals surface area (Å²) in [5, 5.41) is 8.96. The number of nitrogens with zero attached hydrogens (tertiary/aromatic N) is 2. The zero-order chi connectivity index (χ0) is 14.5. The van der Waals surface area contributed by atoms with Crippen LogP contribution in [0.15, 0.2) is 11.8 Å². The van der Waals surface area contributed by atoms with Crippen LogP contribution < -0.4 is 0 Å². The third-order valence-electron chi connectivity index (χ3n) is 3.92. The molecule has 0 bridgehead atoms. The van der Waals surface area contributed by atoms with Gasteiger partial charge in [-0.05, 0) is 19.3 Å². The van der Waals surface area contributed by atoms with E-state index < -0.39 is 5.97 Å². The Hall–Kier alpha value is -1.01. The standard InChI is InChI=1S/C14H22N2O3S/c1-15(11-4-2-3-5-11)13(17)9-16-6-7-20-10-12(16)8-14(18)19/h4,12H,2-3,5-10H2,1H3,(H,18,19). The molecule has 1 saturated heterocycles. The maximum absolute atomic E-state index is 12.3. The molecule has 0 aromatic heterocycles. The molecule has 0 aromatic rings. The summed E-state index contributed by atoms with van der Waals surface area (Å²) in [7, 11) is 1.82. The van der Waals surface area contributed by atoms with Crippen molar-refractivity contribution in [3.05, 3.63) is 11.8 Å². The van der Waals surface area contributed by atoms with Gasteiger partial charge in [-0.15, -0.1) is 0 Å².